The maximum atomic E-state index is 12.6. The molecule has 0 radical (unpaired) electrons. The number of amides is 2. The third-order valence-corrected chi connectivity index (χ3v) is 4.90. The SMILES string of the molecule is COc1ccc2c(c1)CN(C(=O)N1CCOCC1)CCS2. The minimum atomic E-state index is 0.120. The molecule has 0 saturated carbocycles. The lowest BCUT2D eigenvalue weighted by Gasteiger charge is -2.32. The Morgan fingerprint density at radius 2 is 2.05 bits per heavy atom. The van der Waals surface area contributed by atoms with Crippen molar-refractivity contribution in [3.63, 3.8) is 0 Å². The van der Waals surface area contributed by atoms with Crippen LogP contribution in [0.3, 0.4) is 0 Å². The maximum Gasteiger partial charge on any atom is 0.320 e. The van der Waals surface area contributed by atoms with Gasteiger partial charge >= 0.3 is 6.03 Å². The van der Waals surface area contributed by atoms with E-state index in [-0.39, 0.29) is 6.03 Å². The lowest BCUT2D eigenvalue weighted by Crippen LogP contribution is -2.48. The van der Waals surface area contributed by atoms with Crippen molar-refractivity contribution < 1.29 is 14.3 Å². The molecule has 5 nitrogen and oxygen atoms in total. The summed E-state index contributed by atoms with van der Waals surface area (Å²) in [5, 5.41) is 0. The summed E-state index contributed by atoms with van der Waals surface area (Å²) in [5.41, 5.74) is 1.17. The van der Waals surface area contributed by atoms with Gasteiger partial charge in [0.2, 0.25) is 0 Å². The normalized spacial score (nSPS) is 18.9. The number of nitrogens with zero attached hydrogens (tertiary/aromatic N) is 2. The number of hydrogen-bond donors (Lipinski definition) is 0. The van der Waals surface area contributed by atoms with E-state index in [2.05, 4.69) is 6.07 Å². The van der Waals surface area contributed by atoms with Gasteiger partial charge in [-0.2, -0.15) is 0 Å². The number of methoxy groups -OCH3 is 1. The van der Waals surface area contributed by atoms with E-state index in [0.717, 1.165) is 18.0 Å². The fraction of sp³-hybridized carbons (Fsp3) is 0.533. The molecular formula is C15H20N2O3S. The van der Waals surface area contributed by atoms with E-state index >= 15 is 0 Å². The monoisotopic (exact) mass is 308 g/mol. The van der Waals surface area contributed by atoms with Crippen LogP contribution in [0.25, 0.3) is 0 Å². The molecule has 3 rings (SSSR count). The highest BCUT2D eigenvalue weighted by Crippen LogP contribution is 2.30. The lowest BCUT2D eigenvalue weighted by atomic mass is 10.2. The Morgan fingerprint density at radius 1 is 1.24 bits per heavy atom. The van der Waals surface area contributed by atoms with Gasteiger partial charge in [0, 0.05) is 36.8 Å². The van der Waals surface area contributed by atoms with Gasteiger partial charge < -0.3 is 19.3 Å². The van der Waals surface area contributed by atoms with Crippen LogP contribution in [0.5, 0.6) is 5.75 Å². The topological polar surface area (TPSA) is 42.0 Å². The predicted molar refractivity (Wildman–Crippen MR) is 81.9 cm³/mol. The van der Waals surface area contributed by atoms with Gasteiger partial charge in [-0.05, 0) is 23.8 Å². The molecule has 21 heavy (non-hydrogen) atoms. The molecule has 0 atom stereocenters. The van der Waals surface area contributed by atoms with E-state index in [4.69, 9.17) is 9.47 Å². The number of hydrogen-bond acceptors (Lipinski definition) is 4. The van der Waals surface area contributed by atoms with Crippen LogP contribution in [0, 0.1) is 0 Å². The van der Waals surface area contributed by atoms with Crippen molar-refractivity contribution in [1.82, 2.24) is 9.80 Å². The predicted octanol–water partition coefficient (Wildman–Crippen LogP) is 2.06. The van der Waals surface area contributed by atoms with E-state index < -0.39 is 0 Å². The van der Waals surface area contributed by atoms with E-state index in [1.807, 2.05) is 21.9 Å². The summed E-state index contributed by atoms with van der Waals surface area (Å²) in [5.74, 6) is 1.77. The molecule has 0 unspecified atom stereocenters. The van der Waals surface area contributed by atoms with Crippen molar-refractivity contribution >= 4 is 17.8 Å². The Morgan fingerprint density at radius 3 is 2.81 bits per heavy atom. The van der Waals surface area contributed by atoms with Crippen LogP contribution in [-0.2, 0) is 11.3 Å². The first kappa shape index (κ1) is 14.5. The van der Waals surface area contributed by atoms with E-state index in [9.17, 15) is 4.79 Å². The maximum absolute atomic E-state index is 12.6. The Hall–Kier alpha value is -1.40. The van der Waals surface area contributed by atoms with Crippen LogP contribution in [0.15, 0.2) is 23.1 Å². The standard InChI is InChI=1S/C15H20N2O3S/c1-19-13-2-3-14-12(10-13)11-17(6-9-21-14)15(18)16-4-7-20-8-5-16/h2-3,10H,4-9,11H2,1H3. The largest absolute Gasteiger partial charge is 0.497 e. The van der Waals surface area contributed by atoms with Crippen LogP contribution in [0.4, 0.5) is 4.79 Å². The van der Waals surface area contributed by atoms with Crippen molar-refractivity contribution in [3.05, 3.63) is 23.8 Å². The number of rotatable bonds is 1. The molecule has 1 saturated heterocycles. The molecule has 0 spiro atoms. The van der Waals surface area contributed by atoms with Gasteiger partial charge in [0.05, 0.1) is 20.3 Å². The minimum absolute atomic E-state index is 0.120. The summed E-state index contributed by atoms with van der Waals surface area (Å²) < 4.78 is 10.6. The van der Waals surface area contributed by atoms with E-state index in [0.29, 0.717) is 32.8 Å². The first-order chi connectivity index (χ1) is 10.3. The van der Waals surface area contributed by atoms with Crippen LogP contribution in [0.1, 0.15) is 5.56 Å². The molecule has 0 bridgehead atoms. The van der Waals surface area contributed by atoms with Crippen LogP contribution < -0.4 is 4.74 Å². The Balaban J connectivity index is 1.76. The van der Waals surface area contributed by atoms with Gasteiger partial charge in [-0.15, -0.1) is 11.8 Å². The fourth-order valence-electron chi connectivity index (χ4n) is 2.62. The summed E-state index contributed by atoms with van der Waals surface area (Å²) in [6.45, 7) is 4.08. The first-order valence-electron chi connectivity index (χ1n) is 7.19. The quantitative estimate of drug-likeness (QED) is 0.796. The number of benzene rings is 1. The summed E-state index contributed by atoms with van der Waals surface area (Å²) in [7, 11) is 1.67. The number of carbonyl (C=O) groups is 1. The average Bonchev–Trinajstić information content (AvgIpc) is 2.76. The van der Waals surface area contributed by atoms with Crippen molar-refractivity contribution in [3.8, 4) is 5.75 Å². The number of morpholine rings is 1. The van der Waals surface area contributed by atoms with Gasteiger partial charge in [-0.1, -0.05) is 0 Å². The molecule has 2 aliphatic heterocycles. The van der Waals surface area contributed by atoms with Gasteiger partial charge in [0.15, 0.2) is 0 Å². The summed E-state index contributed by atoms with van der Waals surface area (Å²) >= 11 is 1.80. The molecule has 2 heterocycles. The summed E-state index contributed by atoms with van der Waals surface area (Å²) in [4.78, 5) is 17.7. The molecule has 1 aromatic rings. The molecule has 2 aliphatic rings. The number of fused-ring (bicyclic) bond motifs is 1. The smallest absolute Gasteiger partial charge is 0.320 e. The molecule has 6 heteroatoms. The average molecular weight is 308 g/mol. The van der Waals surface area contributed by atoms with Crippen LogP contribution >= 0.6 is 11.8 Å². The lowest BCUT2D eigenvalue weighted by molar-refractivity contribution is 0.0432. The van der Waals surface area contributed by atoms with E-state index in [1.54, 1.807) is 18.9 Å². The molecule has 0 N–H and O–H groups in total. The second-order valence-corrected chi connectivity index (χ2v) is 6.26. The van der Waals surface area contributed by atoms with Crippen molar-refractivity contribution in [2.45, 2.75) is 11.4 Å². The second-order valence-electron chi connectivity index (χ2n) is 5.13. The van der Waals surface area contributed by atoms with Crippen LogP contribution in [-0.4, -0.2) is 61.5 Å². The van der Waals surface area contributed by atoms with Crippen LogP contribution in [0.2, 0.25) is 0 Å². The first-order valence-corrected chi connectivity index (χ1v) is 8.18. The number of urea groups is 1. The zero-order valence-corrected chi connectivity index (χ0v) is 13.0. The highest BCUT2D eigenvalue weighted by Gasteiger charge is 2.25. The van der Waals surface area contributed by atoms with Gasteiger partial charge in [-0.25, -0.2) is 4.79 Å². The third-order valence-electron chi connectivity index (χ3n) is 3.80. The molecule has 1 aromatic carbocycles. The highest BCUT2D eigenvalue weighted by atomic mass is 32.2. The highest BCUT2D eigenvalue weighted by molar-refractivity contribution is 7.99. The number of carbonyl (C=O) groups excluding carboxylic acids is 1. The van der Waals surface area contributed by atoms with E-state index in [1.165, 1.54) is 10.5 Å². The van der Waals surface area contributed by atoms with Gasteiger partial charge in [0.25, 0.3) is 0 Å². The zero-order valence-electron chi connectivity index (χ0n) is 12.2. The Labute approximate surface area is 129 Å². The van der Waals surface area contributed by atoms with Crippen molar-refractivity contribution in [1.29, 1.82) is 0 Å². The molecule has 114 valence electrons. The zero-order chi connectivity index (χ0) is 14.7. The Bertz CT molecular complexity index is 518. The molecule has 0 aromatic heterocycles. The molecule has 0 aliphatic carbocycles. The fourth-order valence-corrected chi connectivity index (χ4v) is 3.62. The molecular weight excluding hydrogens is 288 g/mol. The summed E-state index contributed by atoms with van der Waals surface area (Å²) in [6, 6.07) is 6.22. The van der Waals surface area contributed by atoms with Crippen molar-refractivity contribution in [2.75, 3.05) is 45.7 Å². The molecule has 1 fully saturated rings. The minimum Gasteiger partial charge on any atom is -0.497 e. The summed E-state index contributed by atoms with van der Waals surface area (Å²) in [6.07, 6.45) is 0. The molecule has 2 amide bonds. The number of ether oxygens (including phenoxy) is 2. The number of thioether (sulfide) groups is 1. The second kappa shape index (κ2) is 6.58. The van der Waals surface area contributed by atoms with Gasteiger partial charge in [0.1, 0.15) is 5.75 Å². The van der Waals surface area contributed by atoms with Gasteiger partial charge in [-0.3, -0.25) is 0 Å². The third kappa shape index (κ3) is 3.27. The van der Waals surface area contributed by atoms with Crippen molar-refractivity contribution in [2.24, 2.45) is 0 Å². The Kier molecular flexibility index (Phi) is 4.55.